The molecule has 9 nitrogen and oxygen atoms in total. The minimum atomic E-state index is -5.08. The number of carbonyl (C=O) groups excluding carboxylic acids is 3. The zero-order chi connectivity index (χ0) is 31.4. The highest BCUT2D eigenvalue weighted by Crippen LogP contribution is 2.24. The molecule has 0 radical (unpaired) electrons. The summed E-state index contributed by atoms with van der Waals surface area (Å²) in [5.41, 5.74) is 3.66. The standard InChI is InChI=1S/C29H34N4O3.C2HF3O2/c1-2-23(34)14-7-4-8-16-25(28-30-19-26(32-28)21-11-5-3-6-12-21)31-27(35)17-18-33-20-22-13-9-10-15-24(22)29(33)36;3-2(4,5)1(6)7/h3,5-6,9-13,15,19,25H,2,4,7-8,14,16-18,20H2,1H3,(H,30,32)(H,31,35);(H,6,7)/t25-;/m0./s1. The second kappa shape index (κ2) is 15.7. The molecule has 0 unspecified atom stereocenters. The fraction of sp³-hybridized carbons (Fsp3) is 0.387. The number of aromatic nitrogens is 2. The summed E-state index contributed by atoms with van der Waals surface area (Å²) in [5, 5.41) is 10.3. The van der Waals surface area contributed by atoms with Gasteiger partial charge < -0.3 is 20.3 Å². The third kappa shape index (κ3) is 10.1. The van der Waals surface area contributed by atoms with Gasteiger partial charge in [0, 0.05) is 37.9 Å². The molecule has 2 heterocycles. The number of H-pyrrole nitrogens is 1. The van der Waals surface area contributed by atoms with Gasteiger partial charge in [-0.2, -0.15) is 13.2 Å². The zero-order valence-electron chi connectivity index (χ0n) is 23.8. The van der Waals surface area contributed by atoms with Crippen LogP contribution in [0.3, 0.4) is 0 Å². The molecule has 1 atom stereocenters. The van der Waals surface area contributed by atoms with Crippen LogP contribution in [0.4, 0.5) is 13.2 Å². The Bertz CT molecular complexity index is 1390. The normalized spacial score (nSPS) is 13.1. The number of hydrogen-bond donors (Lipinski definition) is 3. The first-order chi connectivity index (χ1) is 20.5. The number of unbranched alkanes of at least 4 members (excludes halogenated alkanes) is 2. The second-order valence-corrected chi connectivity index (χ2v) is 10.1. The van der Waals surface area contributed by atoms with Gasteiger partial charge in [0.05, 0.1) is 17.9 Å². The molecule has 1 aromatic heterocycles. The molecule has 230 valence electrons. The van der Waals surface area contributed by atoms with E-state index in [2.05, 4.69) is 15.3 Å². The van der Waals surface area contributed by atoms with Crippen molar-refractivity contribution in [2.24, 2.45) is 0 Å². The zero-order valence-corrected chi connectivity index (χ0v) is 23.8. The van der Waals surface area contributed by atoms with Gasteiger partial charge in [-0.05, 0) is 30.0 Å². The predicted octanol–water partition coefficient (Wildman–Crippen LogP) is 5.84. The highest BCUT2D eigenvalue weighted by Gasteiger charge is 2.38. The minimum Gasteiger partial charge on any atom is -0.475 e. The molecule has 2 aromatic carbocycles. The number of amides is 2. The molecular formula is C31H35F3N4O5. The number of benzene rings is 2. The van der Waals surface area contributed by atoms with E-state index in [0.29, 0.717) is 25.9 Å². The maximum atomic E-state index is 12.9. The van der Waals surface area contributed by atoms with Gasteiger partial charge in [-0.15, -0.1) is 0 Å². The largest absolute Gasteiger partial charge is 0.490 e. The quantitative estimate of drug-likeness (QED) is 0.211. The summed E-state index contributed by atoms with van der Waals surface area (Å²) in [6.07, 6.45) is 1.52. The van der Waals surface area contributed by atoms with E-state index in [9.17, 15) is 27.6 Å². The number of alkyl halides is 3. The predicted molar refractivity (Wildman–Crippen MR) is 153 cm³/mol. The van der Waals surface area contributed by atoms with Crippen molar-refractivity contribution in [3.8, 4) is 11.3 Å². The maximum Gasteiger partial charge on any atom is 0.490 e. The Balaban J connectivity index is 0.000000646. The Morgan fingerprint density at radius 1 is 1.02 bits per heavy atom. The Morgan fingerprint density at radius 3 is 2.35 bits per heavy atom. The summed E-state index contributed by atoms with van der Waals surface area (Å²) < 4.78 is 31.7. The highest BCUT2D eigenvalue weighted by atomic mass is 19.4. The minimum absolute atomic E-state index is 0.0184. The molecule has 0 saturated heterocycles. The number of nitrogens with zero attached hydrogens (tertiary/aromatic N) is 2. The average Bonchev–Trinajstić information content (AvgIpc) is 3.60. The van der Waals surface area contributed by atoms with Crippen molar-refractivity contribution >= 4 is 23.6 Å². The van der Waals surface area contributed by atoms with E-state index < -0.39 is 12.1 Å². The topological polar surface area (TPSA) is 132 Å². The van der Waals surface area contributed by atoms with Crippen LogP contribution in [0.1, 0.15) is 79.7 Å². The van der Waals surface area contributed by atoms with Crippen LogP contribution < -0.4 is 5.32 Å². The number of carboxylic acids is 1. The van der Waals surface area contributed by atoms with Gasteiger partial charge >= 0.3 is 12.1 Å². The molecule has 4 rings (SSSR count). The number of imidazole rings is 1. The molecule has 12 heteroatoms. The number of carbonyl (C=O) groups is 4. The van der Waals surface area contributed by atoms with Crippen LogP contribution in [-0.2, 0) is 20.9 Å². The number of fused-ring (bicyclic) bond motifs is 1. The Kier molecular flexibility index (Phi) is 12.0. The molecule has 1 aliphatic heterocycles. The molecule has 0 fully saturated rings. The number of rotatable bonds is 13. The molecule has 2 amide bonds. The molecule has 1 aliphatic rings. The SMILES string of the molecule is CCC(=O)CCCCC[C@H](NC(=O)CCN1Cc2ccccc2C1=O)c1ncc(-c2ccccc2)[nH]1.O=C(O)C(F)(F)F. The number of aliphatic carboxylic acids is 1. The van der Waals surface area contributed by atoms with E-state index in [-0.39, 0.29) is 30.1 Å². The van der Waals surface area contributed by atoms with Crippen LogP contribution in [-0.4, -0.2) is 56.3 Å². The number of aromatic amines is 1. The van der Waals surface area contributed by atoms with E-state index in [0.717, 1.165) is 53.9 Å². The first-order valence-electron chi connectivity index (χ1n) is 14.1. The van der Waals surface area contributed by atoms with E-state index in [4.69, 9.17) is 9.90 Å². The van der Waals surface area contributed by atoms with Gasteiger partial charge in [-0.1, -0.05) is 68.3 Å². The average molecular weight is 601 g/mol. The van der Waals surface area contributed by atoms with Crippen LogP contribution >= 0.6 is 0 Å². The maximum absolute atomic E-state index is 12.9. The summed E-state index contributed by atoms with van der Waals surface area (Å²) in [6.45, 7) is 2.81. The second-order valence-electron chi connectivity index (χ2n) is 10.1. The number of Topliss-reactive ketones (excluding diaryl/α,β-unsaturated/α-hetero) is 1. The van der Waals surface area contributed by atoms with Crippen LogP contribution in [0.15, 0.2) is 60.8 Å². The summed E-state index contributed by atoms with van der Waals surface area (Å²) in [6, 6.07) is 17.3. The van der Waals surface area contributed by atoms with Gasteiger partial charge in [0.15, 0.2) is 0 Å². The van der Waals surface area contributed by atoms with Crippen LogP contribution in [0, 0.1) is 0 Å². The van der Waals surface area contributed by atoms with Crippen molar-refractivity contribution < 1.29 is 37.5 Å². The van der Waals surface area contributed by atoms with Crippen molar-refractivity contribution in [3.05, 3.63) is 77.7 Å². The van der Waals surface area contributed by atoms with Gasteiger partial charge in [-0.3, -0.25) is 14.4 Å². The molecule has 43 heavy (non-hydrogen) atoms. The number of nitrogens with one attached hydrogen (secondary N) is 2. The summed E-state index contributed by atoms with van der Waals surface area (Å²) in [7, 11) is 0. The third-order valence-corrected chi connectivity index (χ3v) is 6.94. The lowest BCUT2D eigenvalue weighted by molar-refractivity contribution is -0.192. The number of carboxylic acid groups (broad SMARTS) is 1. The molecule has 3 aromatic rings. The van der Waals surface area contributed by atoms with E-state index in [1.165, 1.54) is 0 Å². The fourth-order valence-corrected chi connectivity index (χ4v) is 4.58. The Morgan fingerprint density at radius 2 is 1.70 bits per heavy atom. The van der Waals surface area contributed by atoms with Crippen molar-refractivity contribution in [1.82, 2.24) is 20.2 Å². The smallest absolute Gasteiger partial charge is 0.475 e. The van der Waals surface area contributed by atoms with Crippen LogP contribution in [0.5, 0.6) is 0 Å². The summed E-state index contributed by atoms with van der Waals surface area (Å²) in [5.74, 6) is -1.88. The first kappa shape index (κ1) is 33.0. The van der Waals surface area contributed by atoms with E-state index in [1.807, 2.05) is 61.5 Å². The lowest BCUT2D eigenvalue weighted by Crippen LogP contribution is -2.33. The molecule has 0 saturated carbocycles. The monoisotopic (exact) mass is 600 g/mol. The molecule has 3 N–H and O–H groups in total. The highest BCUT2D eigenvalue weighted by molar-refractivity contribution is 5.98. The number of ketones is 1. The number of halogens is 3. The first-order valence-corrected chi connectivity index (χ1v) is 14.1. The van der Waals surface area contributed by atoms with Crippen molar-refractivity contribution in [3.63, 3.8) is 0 Å². The van der Waals surface area contributed by atoms with E-state index >= 15 is 0 Å². The lowest BCUT2D eigenvalue weighted by Gasteiger charge is -2.19. The molecule has 0 bridgehead atoms. The van der Waals surface area contributed by atoms with Gasteiger partial charge in [0.25, 0.3) is 5.91 Å². The molecule has 0 aliphatic carbocycles. The number of hydrogen-bond acceptors (Lipinski definition) is 5. The molecule has 0 spiro atoms. The third-order valence-electron chi connectivity index (χ3n) is 6.94. The summed E-state index contributed by atoms with van der Waals surface area (Å²) >= 11 is 0. The van der Waals surface area contributed by atoms with Gasteiger partial charge in [-0.25, -0.2) is 9.78 Å². The Labute approximate surface area is 247 Å². The lowest BCUT2D eigenvalue weighted by atomic mass is 10.0. The van der Waals surface area contributed by atoms with Gasteiger partial charge in [0.1, 0.15) is 11.6 Å². The van der Waals surface area contributed by atoms with E-state index in [1.54, 1.807) is 11.1 Å². The fourth-order valence-electron chi connectivity index (χ4n) is 4.58. The van der Waals surface area contributed by atoms with Crippen LogP contribution in [0.25, 0.3) is 11.3 Å². The summed E-state index contributed by atoms with van der Waals surface area (Å²) in [4.78, 5) is 55.7. The van der Waals surface area contributed by atoms with Crippen LogP contribution in [0.2, 0.25) is 0 Å². The Hall–Kier alpha value is -4.48. The molecular weight excluding hydrogens is 565 g/mol. The van der Waals surface area contributed by atoms with Crippen molar-refractivity contribution in [2.75, 3.05) is 6.54 Å². The van der Waals surface area contributed by atoms with Gasteiger partial charge in [0.2, 0.25) is 5.91 Å². The van der Waals surface area contributed by atoms with Crippen molar-refractivity contribution in [2.45, 2.75) is 70.6 Å². The van der Waals surface area contributed by atoms with Crippen molar-refractivity contribution in [1.29, 1.82) is 0 Å².